The minimum atomic E-state index is -2.59. The van der Waals surface area contributed by atoms with Gasteiger partial charge in [0.05, 0.1) is 63.4 Å². The molecular formula is C80H102Cl2F7O15P. The van der Waals surface area contributed by atoms with Crippen LogP contribution in [0.5, 0.6) is 0 Å². The van der Waals surface area contributed by atoms with Crippen LogP contribution in [-0.4, -0.2) is 147 Å². The molecule has 25 heteroatoms. The van der Waals surface area contributed by atoms with Gasteiger partial charge < -0.3 is 44.1 Å². The number of hydrogen-bond acceptors (Lipinski definition) is 15. The average molecular weight is 1540 g/mol. The predicted molar refractivity (Wildman–Crippen MR) is 393 cm³/mol. The fourth-order valence-corrected chi connectivity index (χ4v) is 11.4. The van der Waals surface area contributed by atoms with E-state index in [0.717, 1.165) is 59.9 Å². The van der Waals surface area contributed by atoms with Crippen molar-refractivity contribution in [3.8, 4) is 0 Å². The number of allylic oxidation sites excluding steroid dienone is 1. The van der Waals surface area contributed by atoms with Crippen LogP contribution in [0.4, 0.5) is 30.7 Å². The molecular weight excluding hydrogens is 1440 g/mol. The predicted octanol–water partition coefficient (Wildman–Crippen LogP) is 18.8. The molecule has 12 rings (SSSR count). The number of hydrogen-bond donors (Lipinski definition) is 4. The van der Waals surface area contributed by atoms with E-state index in [1.165, 1.54) is 6.08 Å². The SMILES string of the molecule is CPC.ClCCl.O=C(OC1CC=C(F)CC1)c1ccccc1.O=C(OC1CCC(F)(F)CC1)c1ccccc1.O=C(OC1CCC(F)(F)CC1)c1ccccc1.O=C(OC1CCC(O)CC1)c1ccccc1.O=C1CCC(OC(=O)c2ccccc2)CC1.OC1CCC(F)(F)CC1.OC1CCC(O)CC1. The van der Waals surface area contributed by atoms with Gasteiger partial charge in [0.2, 0.25) is 17.8 Å². The molecule has 1 atom stereocenters. The van der Waals surface area contributed by atoms with Crippen molar-refractivity contribution >= 4 is 67.4 Å². The molecule has 0 aliphatic heterocycles. The molecule has 0 bridgehead atoms. The number of aliphatic hydroxyl groups excluding tert-OH is 4. The second-order valence-corrected chi connectivity index (χ2v) is 28.1. The van der Waals surface area contributed by atoms with Crippen LogP contribution in [0.15, 0.2) is 164 Å². The molecule has 0 heterocycles. The minimum Gasteiger partial charge on any atom is -0.459 e. The number of ether oxygens (including phenoxy) is 5. The fraction of sp³-hybridized carbons (Fsp3) is 0.525. The van der Waals surface area contributed by atoms with Gasteiger partial charge in [0.15, 0.2) is 0 Å². The number of carbonyl (C=O) groups excluding carboxylic acids is 6. The van der Waals surface area contributed by atoms with Crippen LogP contribution in [0.1, 0.15) is 225 Å². The zero-order chi connectivity index (χ0) is 77.1. The number of rotatable bonds is 10. The topological polar surface area (TPSA) is 229 Å². The molecule has 105 heavy (non-hydrogen) atoms. The lowest BCUT2D eigenvalue weighted by Gasteiger charge is -2.27. The third-order valence-electron chi connectivity index (χ3n) is 17.5. The molecule has 7 aliphatic rings. The smallest absolute Gasteiger partial charge is 0.338 e. The summed E-state index contributed by atoms with van der Waals surface area (Å²) in [5.41, 5.74) is 2.63. The summed E-state index contributed by atoms with van der Waals surface area (Å²) in [7, 11) is 1.08. The van der Waals surface area contributed by atoms with Gasteiger partial charge in [0, 0.05) is 64.2 Å². The van der Waals surface area contributed by atoms with Crippen LogP contribution in [0.3, 0.4) is 0 Å². The summed E-state index contributed by atoms with van der Waals surface area (Å²) >= 11 is 9.53. The van der Waals surface area contributed by atoms with Crippen LogP contribution >= 0.6 is 31.8 Å². The van der Waals surface area contributed by atoms with E-state index in [4.69, 9.17) is 62.2 Å². The molecule has 4 N–H and O–H groups in total. The first-order valence-electron chi connectivity index (χ1n) is 35.8. The van der Waals surface area contributed by atoms with Gasteiger partial charge in [-0.15, -0.1) is 31.8 Å². The third kappa shape index (κ3) is 39.6. The Hall–Kier alpha value is -6.78. The van der Waals surface area contributed by atoms with E-state index in [1.54, 1.807) is 121 Å². The summed E-state index contributed by atoms with van der Waals surface area (Å²) in [5.74, 6) is -9.26. The molecule has 5 aromatic carbocycles. The Balaban J connectivity index is 0.000000259. The summed E-state index contributed by atoms with van der Waals surface area (Å²) in [6, 6.07) is 44.0. The second-order valence-electron chi connectivity index (χ2n) is 26.3. The molecule has 0 aromatic heterocycles. The number of ketones is 1. The number of aliphatic hydroxyl groups is 4. The average Bonchev–Trinajstić information content (AvgIpc) is 0.870. The van der Waals surface area contributed by atoms with Crippen molar-refractivity contribution in [1.82, 2.24) is 0 Å². The first-order valence-corrected chi connectivity index (χ1v) is 38.9. The maximum atomic E-state index is 12.9. The summed E-state index contributed by atoms with van der Waals surface area (Å²) in [5, 5.41) is 36.2. The Morgan fingerprint density at radius 3 is 0.819 bits per heavy atom. The normalized spacial score (nSPS) is 21.7. The monoisotopic (exact) mass is 1540 g/mol. The molecule has 15 nitrogen and oxygen atoms in total. The molecule has 5 aromatic rings. The van der Waals surface area contributed by atoms with E-state index in [0.29, 0.717) is 72.8 Å². The largest absolute Gasteiger partial charge is 0.459 e. The van der Waals surface area contributed by atoms with Crippen molar-refractivity contribution in [2.75, 3.05) is 18.7 Å². The van der Waals surface area contributed by atoms with Crippen LogP contribution < -0.4 is 0 Å². The quantitative estimate of drug-likeness (QED) is 0.0335. The molecule has 6 fully saturated rings. The van der Waals surface area contributed by atoms with Crippen molar-refractivity contribution in [2.45, 2.75) is 246 Å². The van der Waals surface area contributed by atoms with Gasteiger partial charge in [-0.25, -0.2) is 54.7 Å². The van der Waals surface area contributed by atoms with Crippen LogP contribution in [0, 0.1) is 0 Å². The lowest BCUT2D eigenvalue weighted by atomic mass is 9.94. The molecule has 0 radical (unpaired) electrons. The molecule has 7 aliphatic carbocycles. The Morgan fingerprint density at radius 2 is 0.571 bits per heavy atom. The lowest BCUT2D eigenvalue weighted by Crippen LogP contribution is -2.30. The maximum absolute atomic E-state index is 12.9. The molecule has 580 valence electrons. The number of alkyl halides is 8. The minimum absolute atomic E-state index is 0.0314. The summed E-state index contributed by atoms with van der Waals surface area (Å²) < 4.78 is 115. The fourth-order valence-electron chi connectivity index (χ4n) is 11.4. The van der Waals surface area contributed by atoms with Gasteiger partial charge in [0.1, 0.15) is 36.3 Å². The summed E-state index contributed by atoms with van der Waals surface area (Å²) in [6.07, 6.45) is 9.78. The molecule has 1 unspecified atom stereocenters. The molecule has 0 spiro atoms. The second kappa shape index (κ2) is 50.0. The highest BCUT2D eigenvalue weighted by atomic mass is 35.5. The number of esters is 5. The van der Waals surface area contributed by atoms with E-state index >= 15 is 0 Å². The van der Waals surface area contributed by atoms with Crippen LogP contribution in [0.2, 0.25) is 0 Å². The molecule has 6 saturated carbocycles. The first-order chi connectivity index (χ1) is 50.1. The standard InChI is InChI=1S/2C13H14F2O2.C13H13FO2.C13H16O3.C13H14O3.C6H10F2O.C6H12O2.C2H7P.CH2Cl2/c2*14-13(15)8-6-11(7-9-13)17-12(16)10-4-2-1-3-5-10;3*14-11-6-8-12(9-7-11)16-13(15)10-4-2-1-3-5-10;7-6(8)3-1-5(9)2-4-6;7-5-1-2-6(8)4-3-5;1-3-2;2-1-3/h2*1-5,11H,6-9H2;1-6,12H,7-9H2;1-5,11-12,14H,6-9H2;1-5,12H,6-9H2;5,9H,1-4H2;5-8H,1-4H2;3H,1-2H3;1H2. The van der Waals surface area contributed by atoms with Crippen molar-refractivity contribution in [3.05, 3.63) is 191 Å². The maximum Gasteiger partial charge on any atom is 0.338 e. The van der Waals surface area contributed by atoms with Crippen molar-refractivity contribution in [2.24, 2.45) is 0 Å². The summed E-state index contributed by atoms with van der Waals surface area (Å²) in [4.78, 5) is 69.4. The van der Waals surface area contributed by atoms with Crippen molar-refractivity contribution < 1.29 is 104 Å². The van der Waals surface area contributed by atoms with Crippen LogP contribution in [-0.2, 0) is 28.5 Å². The highest BCUT2D eigenvalue weighted by Crippen LogP contribution is 2.37. The van der Waals surface area contributed by atoms with E-state index in [1.807, 2.05) is 30.3 Å². The summed E-state index contributed by atoms with van der Waals surface area (Å²) in [6.45, 7) is 4.31. The highest BCUT2D eigenvalue weighted by molar-refractivity contribution is 7.35. The highest BCUT2D eigenvalue weighted by Gasteiger charge is 2.38. The van der Waals surface area contributed by atoms with Crippen molar-refractivity contribution in [1.29, 1.82) is 0 Å². The number of benzene rings is 5. The Kier molecular flexibility index (Phi) is 43.1. The number of Topliss-reactive ketones (excluding diaryl/α,β-unsaturated/α-hetero) is 1. The molecule has 0 amide bonds. The van der Waals surface area contributed by atoms with Gasteiger partial charge in [-0.2, -0.15) is 0 Å². The van der Waals surface area contributed by atoms with Gasteiger partial charge in [-0.1, -0.05) is 91.0 Å². The van der Waals surface area contributed by atoms with Crippen molar-refractivity contribution in [3.63, 3.8) is 0 Å². The zero-order valence-electron chi connectivity index (χ0n) is 59.7. The Labute approximate surface area is 624 Å². The number of carbonyl (C=O) groups is 6. The molecule has 0 saturated heterocycles. The van der Waals surface area contributed by atoms with E-state index in [2.05, 4.69) is 13.3 Å². The van der Waals surface area contributed by atoms with Gasteiger partial charge in [-0.3, -0.25) is 4.79 Å². The van der Waals surface area contributed by atoms with E-state index in [-0.39, 0.29) is 161 Å². The van der Waals surface area contributed by atoms with E-state index in [9.17, 15) is 64.6 Å². The van der Waals surface area contributed by atoms with Crippen LogP contribution in [0.25, 0.3) is 0 Å². The van der Waals surface area contributed by atoms with Gasteiger partial charge in [-0.05, 0) is 189 Å². The van der Waals surface area contributed by atoms with Gasteiger partial charge >= 0.3 is 29.8 Å². The van der Waals surface area contributed by atoms with E-state index < -0.39 is 35.8 Å². The zero-order valence-corrected chi connectivity index (χ0v) is 62.2. The number of halogens is 9. The van der Waals surface area contributed by atoms with Gasteiger partial charge in [0.25, 0.3) is 0 Å². The Morgan fingerprint density at radius 1 is 0.362 bits per heavy atom. The Bertz CT molecular complexity index is 3150. The lowest BCUT2D eigenvalue weighted by molar-refractivity contribution is -0.122. The third-order valence-corrected chi connectivity index (χ3v) is 17.5. The first kappa shape index (κ1) is 90.6.